The highest BCUT2D eigenvalue weighted by Crippen LogP contribution is 2.28. The van der Waals surface area contributed by atoms with Crippen molar-refractivity contribution in [2.45, 2.75) is 33.2 Å². The van der Waals surface area contributed by atoms with Gasteiger partial charge in [-0.1, -0.05) is 18.2 Å². The molecular formula is C21H22ClFN2O2. The van der Waals surface area contributed by atoms with Crippen LogP contribution in [0.5, 0.6) is 0 Å². The minimum Gasteiger partial charge on any atom is -0.464 e. The summed E-state index contributed by atoms with van der Waals surface area (Å²) in [4.78, 5) is 12.5. The third-order valence-corrected chi connectivity index (χ3v) is 5.17. The van der Waals surface area contributed by atoms with Gasteiger partial charge in [0.2, 0.25) is 5.91 Å². The molecule has 1 aliphatic rings. The number of aryl methyl sites for hydroxylation is 2. The number of nitrogens with one attached hydrogen (secondary N) is 2. The molecule has 1 amide bonds. The lowest BCUT2D eigenvalue weighted by Gasteiger charge is -2.19. The first-order valence-corrected chi connectivity index (χ1v) is 8.81. The second kappa shape index (κ2) is 7.71. The Kier molecular flexibility index (Phi) is 5.53. The van der Waals surface area contributed by atoms with Crippen molar-refractivity contribution in [3.8, 4) is 0 Å². The Morgan fingerprint density at radius 1 is 1.26 bits per heavy atom. The molecule has 27 heavy (non-hydrogen) atoms. The van der Waals surface area contributed by atoms with Crippen LogP contribution in [0.1, 0.15) is 27.8 Å². The van der Waals surface area contributed by atoms with Gasteiger partial charge in [-0.3, -0.25) is 4.79 Å². The Labute approximate surface area is 163 Å². The Bertz CT molecular complexity index is 1010. The van der Waals surface area contributed by atoms with Gasteiger partial charge in [-0.25, -0.2) is 4.39 Å². The van der Waals surface area contributed by atoms with Crippen molar-refractivity contribution >= 4 is 35.0 Å². The van der Waals surface area contributed by atoms with E-state index >= 15 is 0 Å². The summed E-state index contributed by atoms with van der Waals surface area (Å²) in [6, 6.07) is 7.50. The Morgan fingerprint density at radius 2 is 2.07 bits per heavy atom. The zero-order chi connectivity index (χ0) is 18.3. The van der Waals surface area contributed by atoms with Gasteiger partial charge in [0, 0.05) is 17.5 Å². The Balaban J connectivity index is 0.00000210. The number of carbonyl (C=O) groups excluding carboxylic acids is 1. The van der Waals surface area contributed by atoms with Crippen LogP contribution in [0.2, 0.25) is 0 Å². The van der Waals surface area contributed by atoms with E-state index in [4.69, 9.17) is 4.42 Å². The molecule has 0 radical (unpaired) electrons. The van der Waals surface area contributed by atoms with Crippen LogP contribution in [0, 0.1) is 19.7 Å². The first-order chi connectivity index (χ1) is 12.5. The van der Waals surface area contributed by atoms with Crippen LogP contribution in [0.15, 0.2) is 34.9 Å². The van der Waals surface area contributed by atoms with Gasteiger partial charge in [0.25, 0.3) is 0 Å². The number of benzene rings is 2. The average molecular weight is 389 g/mol. The average Bonchev–Trinajstić information content (AvgIpc) is 3.04. The van der Waals surface area contributed by atoms with Crippen LogP contribution >= 0.6 is 12.4 Å². The molecule has 0 aliphatic carbocycles. The Hall–Kier alpha value is -2.37. The molecule has 4 rings (SSSR count). The molecule has 0 spiro atoms. The van der Waals surface area contributed by atoms with Crippen LogP contribution in [0.4, 0.5) is 10.1 Å². The zero-order valence-electron chi connectivity index (χ0n) is 15.3. The lowest BCUT2D eigenvalue weighted by atomic mass is 9.99. The predicted molar refractivity (Wildman–Crippen MR) is 107 cm³/mol. The van der Waals surface area contributed by atoms with Crippen molar-refractivity contribution in [1.29, 1.82) is 0 Å². The van der Waals surface area contributed by atoms with E-state index in [1.165, 1.54) is 0 Å². The molecule has 4 nitrogen and oxygen atoms in total. The van der Waals surface area contributed by atoms with Crippen molar-refractivity contribution in [3.63, 3.8) is 0 Å². The fourth-order valence-corrected chi connectivity index (χ4v) is 3.52. The van der Waals surface area contributed by atoms with Gasteiger partial charge in [0.05, 0.1) is 18.4 Å². The van der Waals surface area contributed by atoms with Crippen molar-refractivity contribution in [2.75, 3.05) is 11.9 Å². The molecule has 6 heteroatoms. The minimum atomic E-state index is -0.319. The number of amides is 1. The van der Waals surface area contributed by atoms with Crippen molar-refractivity contribution < 1.29 is 13.6 Å². The summed E-state index contributed by atoms with van der Waals surface area (Å²) in [5.74, 6) is -0.570. The highest BCUT2D eigenvalue weighted by atomic mass is 35.5. The van der Waals surface area contributed by atoms with Gasteiger partial charge in [-0.15, -0.1) is 12.4 Å². The summed E-state index contributed by atoms with van der Waals surface area (Å²) >= 11 is 0. The topological polar surface area (TPSA) is 54.3 Å². The van der Waals surface area contributed by atoms with Gasteiger partial charge >= 0.3 is 0 Å². The fraction of sp³-hybridized carbons (Fsp3) is 0.286. The molecule has 0 fully saturated rings. The third kappa shape index (κ3) is 3.57. The summed E-state index contributed by atoms with van der Waals surface area (Å²) in [6.07, 6.45) is 2.40. The largest absolute Gasteiger partial charge is 0.464 e. The highest BCUT2D eigenvalue weighted by Gasteiger charge is 2.18. The first kappa shape index (κ1) is 19.4. The van der Waals surface area contributed by atoms with Gasteiger partial charge in [0.1, 0.15) is 11.4 Å². The number of fused-ring (bicyclic) bond motifs is 2. The molecule has 2 heterocycles. The molecule has 142 valence electrons. The van der Waals surface area contributed by atoms with Crippen molar-refractivity contribution in [2.24, 2.45) is 0 Å². The summed E-state index contributed by atoms with van der Waals surface area (Å²) in [5, 5.41) is 6.86. The maximum atomic E-state index is 14.7. The molecule has 2 N–H and O–H groups in total. The summed E-state index contributed by atoms with van der Waals surface area (Å²) in [7, 11) is 0. The zero-order valence-corrected chi connectivity index (χ0v) is 16.1. The number of halogens is 2. The Morgan fingerprint density at radius 3 is 2.89 bits per heavy atom. The van der Waals surface area contributed by atoms with E-state index in [1.807, 2.05) is 32.0 Å². The highest BCUT2D eigenvalue weighted by molar-refractivity contribution is 5.96. The molecule has 3 aromatic rings. The molecule has 1 aliphatic heterocycles. The summed E-state index contributed by atoms with van der Waals surface area (Å²) < 4.78 is 20.3. The maximum absolute atomic E-state index is 14.7. The first-order valence-electron chi connectivity index (χ1n) is 8.81. The third-order valence-electron chi connectivity index (χ3n) is 5.17. The monoisotopic (exact) mass is 388 g/mol. The molecule has 0 bridgehead atoms. The van der Waals surface area contributed by atoms with E-state index < -0.39 is 0 Å². The molecule has 0 saturated heterocycles. The molecule has 0 atom stereocenters. The van der Waals surface area contributed by atoms with E-state index in [0.29, 0.717) is 18.5 Å². The van der Waals surface area contributed by atoms with Crippen LogP contribution in [-0.4, -0.2) is 12.5 Å². The summed E-state index contributed by atoms with van der Waals surface area (Å²) in [6.45, 7) is 5.45. The van der Waals surface area contributed by atoms with Crippen LogP contribution in [0.25, 0.3) is 11.0 Å². The standard InChI is InChI=1S/C21H21FN2O2.ClH/c1-12-3-5-17-15(11-26-21(17)13(12)2)9-19(25)24-18-6-4-14-10-23-8-7-16(14)20(18)22;/h3-6,11,23H,7-10H2,1-2H3,(H,24,25);1H. The quantitative estimate of drug-likeness (QED) is 0.697. The molecule has 0 unspecified atom stereocenters. The number of furan rings is 1. The molecule has 0 saturated carbocycles. The lowest BCUT2D eigenvalue weighted by molar-refractivity contribution is -0.115. The van der Waals surface area contributed by atoms with Gasteiger partial charge in [-0.05, 0) is 55.1 Å². The predicted octanol–water partition coefficient (Wildman–Crippen LogP) is 4.44. The SMILES string of the molecule is Cc1ccc2c(CC(=O)Nc3ccc4c(c3F)CCNC4)coc2c1C.Cl. The van der Waals surface area contributed by atoms with E-state index in [9.17, 15) is 9.18 Å². The number of carbonyl (C=O) groups is 1. The number of hydrogen-bond acceptors (Lipinski definition) is 3. The second-order valence-electron chi connectivity index (χ2n) is 6.86. The van der Waals surface area contributed by atoms with Crippen molar-refractivity contribution in [3.05, 3.63) is 64.2 Å². The fourth-order valence-electron chi connectivity index (χ4n) is 3.52. The lowest BCUT2D eigenvalue weighted by Crippen LogP contribution is -2.25. The smallest absolute Gasteiger partial charge is 0.229 e. The molecule has 1 aromatic heterocycles. The van der Waals surface area contributed by atoms with Gasteiger partial charge < -0.3 is 15.1 Å². The molecular weight excluding hydrogens is 367 g/mol. The number of rotatable bonds is 3. The number of anilines is 1. The summed E-state index contributed by atoms with van der Waals surface area (Å²) in [5.41, 5.74) is 5.73. The van der Waals surface area contributed by atoms with E-state index in [0.717, 1.165) is 39.8 Å². The second-order valence-corrected chi connectivity index (χ2v) is 6.86. The van der Waals surface area contributed by atoms with Gasteiger partial charge in [0.15, 0.2) is 0 Å². The van der Waals surface area contributed by atoms with Gasteiger partial charge in [-0.2, -0.15) is 0 Å². The van der Waals surface area contributed by atoms with E-state index in [2.05, 4.69) is 10.6 Å². The van der Waals surface area contributed by atoms with Crippen LogP contribution in [0.3, 0.4) is 0 Å². The van der Waals surface area contributed by atoms with Crippen LogP contribution in [-0.2, 0) is 24.2 Å². The van der Waals surface area contributed by atoms with E-state index in [-0.39, 0.29) is 36.2 Å². The normalized spacial score (nSPS) is 13.1. The minimum absolute atomic E-state index is 0. The number of hydrogen-bond donors (Lipinski definition) is 2. The maximum Gasteiger partial charge on any atom is 0.229 e. The van der Waals surface area contributed by atoms with Crippen molar-refractivity contribution in [1.82, 2.24) is 5.32 Å². The molecule has 2 aromatic carbocycles. The van der Waals surface area contributed by atoms with Crippen LogP contribution < -0.4 is 10.6 Å². The van der Waals surface area contributed by atoms with E-state index in [1.54, 1.807) is 12.3 Å².